The number of amides is 3. The Balaban J connectivity index is 0.000000390. The van der Waals surface area contributed by atoms with E-state index in [9.17, 15) is 39.6 Å². The molecule has 6 N–H and O–H groups in total. The van der Waals surface area contributed by atoms with E-state index in [0.717, 1.165) is 24.6 Å². The van der Waals surface area contributed by atoms with Crippen LogP contribution in [0, 0.1) is 5.92 Å². The van der Waals surface area contributed by atoms with Gasteiger partial charge in [-0.05, 0) is 80.8 Å². The number of hydrogen-bond donors (Lipinski definition) is 6. The van der Waals surface area contributed by atoms with E-state index in [2.05, 4.69) is 16.0 Å². The number of carbonyl (C=O) groups excluding carboxylic acids is 3. The van der Waals surface area contributed by atoms with Gasteiger partial charge in [-0.1, -0.05) is 20.8 Å². The van der Waals surface area contributed by atoms with Crippen molar-refractivity contribution in [1.82, 2.24) is 16.0 Å². The highest BCUT2D eigenvalue weighted by molar-refractivity contribution is 7.86. The van der Waals surface area contributed by atoms with Crippen molar-refractivity contribution in [3.05, 3.63) is 71.9 Å². The number of rotatable bonds is 14. The average Bonchev–Trinajstić information content (AvgIpc) is 3.81. The van der Waals surface area contributed by atoms with E-state index in [4.69, 9.17) is 26.9 Å². The van der Waals surface area contributed by atoms with Crippen molar-refractivity contribution < 1.29 is 66.5 Å². The van der Waals surface area contributed by atoms with Gasteiger partial charge in [0.2, 0.25) is 33.0 Å². The van der Waals surface area contributed by atoms with Gasteiger partial charge in [0.1, 0.15) is 17.3 Å². The molecule has 288 valence electrons. The molecule has 0 atom stereocenters. The summed E-state index contributed by atoms with van der Waals surface area (Å²) in [6, 6.07) is 7.36. The van der Waals surface area contributed by atoms with Crippen LogP contribution in [0.1, 0.15) is 58.3 Å². The molecule has 18 nitrogen and oxygen atoms in total. The molecule has 3 amide bonds. The van der Waals surface area contributed by atoms with Crippen molar-refractivity contribution in [2.75, 3.05) is 13.1 Å². The molecule has 0 bridgehead atoms. The molecule has 3 rings (SSSR count). The van der Waals surface area contributed by atoms with Crippen LogP contribution in [0.2, 0.25) is 0 Å². The van der Waals surface area contributed by atoms with Crippen LogP contribution in [0.15, 0.2) is 83.2 Å². The average molecular weight is 792 g/mol. The van der Waals surface area contributed by atoms with Crippen LogP contribution in [-0.2, 0) is 44.7 Å². The van der Waals surface area contributed by atoms with Gasteiger partial charge in [-0.15, -0.1) is 0 Å². The summed E-state index contributed by atoms with van der Waals surface area (Å²) in [5, 5.41) is 6.22. The highest BCUT2D eigenvalue weighted by Crippen LogP contribution is 2.16. The van der Waals surface area contributed by atoms with Gasteiger partial charge in [0, 0.05) is 37.4 Å². The van der Waals surface area contributed by atoms with Crippen molar-refractivity contribution in [1.29, 1.82) is 0 Å². The zero-order valence-corrected chi connectivity index (χ0v) is 31.1. The summed E-state index contributed by atoms with van der Waals surface area (Å²) in [6.45, 7) is 10.6. The highest BCUT2D eigenvalue weighted by atomic mass is 32.2. The molecule has 0 aromatic carbocycles. The van der Waals surface area contributed by atoms with Gasteiger partial charge in [-0.3, -0.25) is 28.0 Å². The summed E-state index contributed by atoms with van der Waals surface area (Å²) in [5.74, 6) is -0.0600. The van der Waals surface area contributed by atoms with Gasteiger partial charge in [0.05, 0.1) is 0 Å². The first-order valence-electron chi connectivity index (χ1n) is 15.1. The summed E-state index contributed by atoms with van der Waals surface area (Å²) < 4.78 is 105. The fourth-order valence-electron chi connectivity index (χ4n) is 3.16. The molecule has 0 aliphatic rings. The molecular weight excluding hydrogens is 751 g/mol. The summed E-state index contributed by atoms with van der Waals surface area (Å²) in [4.78, 5) is 33.7. The van der Waals surface area contributed by atoms with E-state index in [1.165, 1.54) is 54.7 Å². The Morgan fingerprint density at radius 3 is 1.25 bits per heavy atom. The maximum absolute atomic E-state index is 11.3. The zero-order chi connectivity index (χ0) is 39.7. The van der Waals surface area contributed by atoms with E-state index < -0.39 is 45.6 Å². The lowest BCUT2D eigenvalue weighted by Crippen LogP contribution is -2.28. The predicted molar refractivity (Wildman–Crippen MR) is 187 cm³/mol. The van der Waals surface area contributed by atoms with Gasteiger partial charge >= 0.3 is 30.4 Å². The summed E-state index contributed by atoms with van der Waals surface area (Å²) >= 11 is 0. The summed E-state index contributed by atoms with van der Waals surface area (Å²) in [6.07, 6.45) is 8.45. The molecule has 3 aromatic heterocycles. The number of furan rings is 3. The van der Waals surface area contributed by atoms with Gasteiger partial charge in [0.25, 0.3) is 0 Å². The van der Waals surface area contributed by atoms with Gasteiger partial charge < -0.3 is 29.2 Å². The topological polar surface area (TPSA) is 290 Å². The van der Waals surface area contributed by atoms with E-state index in [0.29, 0.717) is 19.0 Å². The van der Waals surface area contributed by atoms with E-state index in [-0.39, 0.29) is 41.0 Å². The molecule has 0 fully saturated rings. The third-order valence-corrected chi connectivity index (χ3v) is 7.61. The minimum absolute atomic E-state index is 0.0112. The molecule has 52 heavy (non-hydrogen) atoms. The van der Waals surface area contributed by atoms with Crippen molar-refractivity contribution in [3.8, 4) is 0 Å². The van der Waals surface area contributed by atoms with Crippen LogP contribution in [0.5, 0.6) is 0 Å². The fraction of sp³-hybridized carbons (Fsp3) is 0.323. The molecule has 0 aliphatic carbocycles. The normalized spacial score (nSPS) is 12.1. The maximum Gasteiger partial charge on any atom is 0.328 e. The predicted octanol–water partition coefficient (Wildman–Crippen LogP) is 3.44. The van der Waals surface area contributed by atoms with Crippen LogP contribution >= 0.6 is 0 Å². The molecule has 0 radical (unpaired) electrons. The first kappa shape index (κ1) is 45.2. The lowest BCUT2D eigenvalue weighted by molar-refractivity contribution is -0.117. The third kappa shape index (κ3) is 19.0. The first-order chi connectivity index (χ1) is 24.0. The lowest BCUT2D eigenvalue weighted by Gasteiger charge is -2.03. The minimum Gasteiger partial charge on any atom is -0.443 e. The smallest absolute Gasteiger partial charge is 0.328 e. The molecular formula is C31H41N3O15S3. The third-order valence-electron chi connectivity index (χ3n) is 5.43. The van der Waals surface area contributed by atoms with Crippen LogP contribution < -0.4 is 16.0 Å². The molecule has 3 heterocycles. The van der Waals surface area contributed by atoms with Crippen LogP contribution in [0.3, 0.4) is 0 Å². The standard InChI is InChI=1S/C11H15NO5S.2C10H13NO5S/c1-8(2)7-12-10(13)5-3-9-4-6-11(17-9)18(14,15)16;1-7(2)11-9(12)5-3-8-4-6-10(16-8)17(13,14)15;1-2-7-11-9(12)5-3-8-4-6-10(16-8)17(13,14)15/h3-6,8H,7H2,1-2H3,(H,12,13)(H,14,15,16);3-7H,1-2H3,(H,11,12)(H,13,14,15);3-6H,2,7H2,1H3,(H,11,12)(H,13,14,15). The van der Waals surface area contributed by atoms with Crippen molar-refractivity contribution in [3.63, 3.8) is 0 Å². The van der Waals surface area contributed by atoms with Crippen molar-refractivity contribution in [2.45, 2.75) is 62.4 Å². The van der Waals surface area contributed by atoms with Crippen LogP contribution in [0.4, 0.5) is 0 Å². The molecule has 0 unspecified atom stereocenters. The molecule has 0 aliphatic heterocycles. The monoisotopic (exact) mass is 791 g/mol. The Morgan fingerprint density at radius 2 is 0.962 bits per heavy atom. The number of carbonyl (C=O) groups is 3. The second-order valence-electron chi connectivity index (χ2n) is 11.0. The van der Waals surface area contributed by atoms with E-state index in [1.54, 1.807) is 0 Å². The second-order valence-corrected chi connectivity index (χ2v) is 15.0. The first-order valence-corrected chi connectivity index (χ1v) is 19.5. The highest BCUT2D eigenvalue weighted by Gasteiger charge is 2.15. The summed E-state index contributed by atoms with van der Waals surface area (Å²) in [5.41, 5.74) is 0. The van der Waals surface area contributed by atoms with Crippen molar-refractivity contribution >= 4 is 66.3 Å². The SMILES string of the molecule is CC(C)CNC(=O)C=Cc1ccc(S(=O)(=O)O)o1.CC(C)NC(=O)C=Cc1ccc(S(=O)(=O)O)o1.CCCNC(=O)C=Cc1ccc(S(=O)(=O)O)o1. The fourth-order valence-corrected chi connectivity index (χ4v) is 4.49. The molecule has 21 heteroatoms. The largest absolute Gasteiger partial charge is 0.443 e. The molecule has 0 saturated carbocycles. The molecule has 0 spiro atoms. The zero-order valence-electron chi connectivity index (χ0n) is 28.7. The lowest BCUT2D eigenvalue weighted by atomic mass is 10.2. The van der Waals surface area contributed by atoms with Crippen LogP contribution in [0.25, 0.3) is 18.2 Å². The molecule has 0 saturated heterocycles. The number of nitrogens with one attached hydrogen (secondary N) is 3. The quantitative estimate of drug-likeness (QED) is 0.101. The Morgan fingerprint density at radius 1 is 0.615 bits per heavy atom. The Hall–Kier alpha value is -4.80. The van der Waals surface area contributed by atoms with E-state index >= 15 is 0 Å². The Bertz CT molecular complexity index is 2050. The van der Waals surface area contributed by atoms with E-state index in [1.807, 2.05) is 34.6 Å². The molecule has 3 aromatic rings. The Labute approximate surface area is 301 Å². The number of hydrogen-bond acceptors (Lipinski definition) is 12. The Kier molecular flexibility index (Phi) is 18.2. The van der Waals surface area contributed by atoms with Crippen LogP contribution in [-0.4, -0.2) is 75.8 Å². The van der Waals surface area contributed by atoms with Gasteiger partial charge in [-0.2, -0.15) is 25.3 Å². The minimum atomic E-state index is -4.34. The van der Waals surface area contributed by atoms with Gasteiger partial charge in [-0.25, -0.2) is 0 Å². The second kappa shape index (κ2) is 20.9. The van der Waals surface area contributed by atoms with Crippen molar-refractivity contribution in [2.24, 2.45) is 5.92 Å². The van der Waals surface area contributed by atoms with Gasteiger partial charge in [0.15, 0.2) is 0 Å². The maximum atomic E-state index is 11.3. The summed E-state index contributed by atoms with van der Waals surface area (Å²) in [7, 11) is -13.0.